The molecule has 2 aliphatic heterocycles. The van der Waals surface area contributed by atoms with Gasteiger partial charge in [-0.1, -0.05) is 6.92 Å². The molecule has 5 nitrogen and oxygen atoms in total. The molecular weight excluding hydrogens is 204 g/mol. The number of aryl methyl sites for hydroxylation is 2. The summed E-state index contributed by atoms with van der Waals surface area (Å²) < 4.78 is 1.89. The molecule has 1 atom stereocenters. The number of aromatic nitrogens is 2. The Morgan fingerprint density at radius 1 is 1.56 bits per heavy atom. The molecule has 1 saturated heterocycles. The van der Waals surface area contributed by atoms with Crippen LogP contribution in [0.4, 0.5) is 11.5 Å². The summed E-state index contributed by atoms with van der Waals surface area (Å²) in [6, 6.07) is 0.0209. The number of rotatable bonds is 1. The molecule has 1 amide bonds. The average Bonchev–Trinajstić information content (AvgIpc) is 2.83. The van der Waals surface area contributed by atoms with Crippen molar-refractivity contribution in [2.24, 2.45) is 7.05 Å². The van der Waals surface area contributed by atoms with Crippen molar-refractivity contribution < 1.29 is 4.79 Å². The molecule has 3 heterocycles. The van der Waals surface area contributed by atoms with E-state index < -0.39 is 0 Å². The maximum Gasteiger partial charge on any atom is 0.247 e. The lowest BCUT2D eigenvalue weighted by Crippen LogP contribution is -2.44. The van der Waals surface area contributed by atoms with Gasteiger partial charge in [-0.15, -0.1) is 0 Å². The van der Waals surface area contributed by atoms with Crippen molar-refractivity contribution in [2.45, 2.75) is 32.2 Å². The molecule has 1 N–H and O–H groups in total. The first kappa shape index (κ1) is 9.69. The number of nitrogens with zero attached hydrogens (tertiary/aromatic N) is 3. The Hall–Kier alpha value is -1.52. The normalized spacial score (nSPS) is 23.0. The average molecular weight is 220 g/mol. The Morgan fingerprint density at radius 2 is 2.38 bits per heavy atom. The highest BCUT2D eigenvalue weighted by molar-refractivity contribution is 6.04. The van der Waals surface area contributed by atoms with Crippen LogP contribution in [0, 0.1) is 0 Å². The van der Waals surface area contributed by atoms with Crippen LogP contribution in [0.5, 0.6) is 0 Å². The third-order valence-corrected chi connectivity index (χ3v) is 3.50. The van der Waals surface area contributed by atoms with Crippen LogP contribution in [-0.2, 0) is 18.3 Å². The lowest BCUT2D eigenvalue weighted by molar-refractivity contribution is -0.117. The van der Waals surface area contributed by atoms with E-state index in [1.54, 1.807) is 0 Å². The minimum absolute atomic E-state index is 0.0209. The summed E-state index contributed by atoms with van der Waals surface area (Å²) in [5.74, 6) is 1.21. The molecule has 0 radical (unpaired) electrons. The third-order valence-electron chi connectivity index (χ3n) is 3.50. The summed E-state index contributed by atoms with van der Waals surface area (Å²) in [6.45, 7) is 3.03. The molecule has 1 aromatic heterocycles. The molecule has 2 aliphatic rings. The fourth-order valence-electron chi connectivity index (χ4n) is 2.77. The number of anilines is 2. The second-order valence-corrected chi connectivity index (χ2v) is 4.46. The Kier molecular flexibility index (Phi) is 1.96. The number of hydrogen-bond acceptors (Lipinski definition) is 3. The second kappa shape index (κ2) is 3.23. The van der Waals surface area contributed by atoms with Gasteiger partial charge < -0.3 is 10.2 Å². The fraction of sp³-hybridized carbons (Fsp3) is 0.636. The topological polar surface area (TPSA) is 50.2 Å². The molecule has 0 spiro atoms. The lowest BCUT2D eigenvalue weighted by atomic mass is 10.1. The van der Waals surface area contributed by atoms with Gasteiger partial charge in [0.2, 0.25) is 5.91 Å². The predicted octanol–water partition coefficient (Wildman–Crippen LogP) is 0.903. The quantitative estimate of drug-likeness (QED) is 0.765. The molecule has 0 saturated carbocycles. The number of fused-ring (bicyclic) bond motifs is 3. The molecule has 5 heteroatoms. The molecule has 86 valence electrons. The largest absolute Gasteiger partial charge is 0.343 e. The van der Waals surface area contributed by atoms with Gasteiger partial charge in [-0.25, -0.2) is 0 Å². The summed E-state index contributed by atoms with van der Waals surface area (Å²) in [5, 5.41) is 7.47. The highest BCUT2D eigenvalue weighted by Crippen LogP contribution is 2.38. The highest BCUT2D eigenvalue weighted by Gasteiger charge is 2.39. The van der Waals surface area contributed by atoms with Crippen molar-refractivity contribution in [2.75, 3.05) is 16.8 Å². The number of carbonyl (C=O) groups is 1. The highest BCUT2D eigenvalue weighted by atomic mass is 16.2. The molecule has 3 rings (SSSR count). The van der Waals surface area contributed by atoms with E-state index in [4.69, 9.17) is 0 Å². The van der Waals surface area contributed by atoms with Crippen LogP contribution in [0.1, 0.15) is 25.5 Å². The van der Waals surface area contributed by atoms with Gasteiger partial charge in [0.05, 0.1) is 5.69 Å². The summed E-state index contributed by atoms with van der Waals surface area (Å²) in [5.41, 5.74) is 1.91. The van der Waals surface area contributed by atoms with Gasteiger partial charge >= 0.3 is 0 Å². The number of nitrogens with one attached hydrogen (secondary N) is 1. The Morgan fingerprint density at radius 3 is 3.12 bits per heavy atom. The van der Waals surface area contributed by atoms with E-state index in [2.05, 4.69) is 22.2 Å². The first-order chi connectivity index (χ1) is 7.72. The Labute approximate surface area is 94.4 Å². The molecule has 0 bridgehead atoms. The Bertz CT molecular complexity index is 451. The van der Waals surface area contributed by atoms with Crippen LogP contribution in [0.15, 0.2) is 0 Å². The molecule has 1 fully saturated rings. The van der Waals surface area contributed by atoms with Gasteiger partial charge in [-0.05, 0) is 19.3 Å². The van der Waals surface area contributed by atoms with Crippen molar-refractivity contribution in [3.05, 3.63) is 5.69 Å². The molecule has 16 heavy (non-hydrogen) atoms. The number of carbonyl (C=O) groups excluding carboxylic acids is 1. The van der Waals surface area contributed by atoms with E-state index in [1.165, 1.54) is 0 Å². The molecule has 0 aromatic carbocycles. The fourth-order valence-corrected chi connectivity index (χ4v) is 2.77. The van der Waals surface area contributed by atoms with Gasteiger partial charge in [-0.2, -0.15) is 5.10 Å². The van der Waals surface area contributed by atoms with Gasteiger partial charge in [0.25, 0.3) is 0 Å². The van der Waals surface area contributed by atoms with Crippen molar-refractivity contribution in [3.63, 3.8) is 0 Å². The van der Waals surface area contributed by atoms with Crippen molar-refractivity contribution >= 4 is 17.4 Å². The molecule has 0 aliphatic carbocycles. The van der Waals surface area contributed by atoms with Crippen molar-refractivity contribution in [1.82, 2.24) is 9.78 Å². The minimum Gasteiger partial charge on any atom is -0.343 e. The second-order valence-electron chi connectivity index (χ2n) is 4.46. The van der Waals surface area contributed by atoms with E-state index >= 15 is 0 Å². The first-order valence-corrected chi connectivity index (χ1v) is 5.85. The lowest BCUT2D eigenvalue weighted by Gasteiger charge is -2.31. The summed E-state index contributed by atoms with van der Waals surface area (Å²) in [7, 11) is 1.95. The van der Waals surface area contributed by atoms with Crippen molar-refractivity contribution in [3.8, 4) is 0 Å². The van der Waals surface area contributed by atoms with Gasteiger partial charge in [0, 0.05) is 13.6 Å². The number of hydrogen-bond donors (Lipinski definition) is 1. The standard InChI is InChI=1S/C11H16N4O/c1-3-7-9-11(14(2)13-7)15-6-4-5-8(15)10(16)12-9/h8H,3-6H2,1-2H3,(H,12,16). The van der Waals surface area contributed by atoms with E-state index in [0.717, 1.165) is 43.0 Å². The van der Waals surface area contributed by atoms with Gasteiger partial charge in [0.15, 0.2) is 5.82 Å². The van der Waals surface area contributed by atoms with Crippen LogP contribution >= 0.6 is 0 Å². The zero-order valence-corrected chi connectivity index (χ0v) is 9.66. The minimum atomic E-state index is 0.0209. The van der Waals surface area contributed by atoms with Crippen LogP contribution in [0.25, 0.3) is 0 Å². The molecule has 1 aromatic rings. The van der Waals surface area contributed by atoms with Crippen LogP contribution in [0.3, 0.4) is 0 Å². The SMILES string of the molecule is CCc1nn(C)c2c1NC(=O)C1CCCN21. The third kappa shape index (κ3) is 1.11. The van der Waals surface area contributed by atoms with Gasteiger partial charge in [0.1, 0.15) is 11.7 Å². The maximum absolute atomic E-state index is 11.9. The smallest absolute Gasteiger partial charge is 0.247 e. The van der Waals surface area contributed by atoms with E-state index in [9.17, 15) is 4.79 Å². The molecule has 1 unspecified atom stereocenters. The monoisotopic (exact) mass is 220 g/mol. The zero-order valence-electron chi connectivity index (χ0n) is 9.66. The summed E-state index contributed by atoms with van der Waals surface area (Å²) in [6.07, 6.45) is 2.89. The van der Waals surface area contributed by atoms with Crippen LogP contribution in [0.2, 0.25) is 0 Å². The Balaban J connectivity index is 2.14. The first-order valence-electron chi connectivity index (χ1n) is 5.85. The van der Waals surface area contributed by atoms with Crippen LogP contribution in [-0.4, -0.2) is 28.3 Å². The summed E-state index contributed by atoms with van der Waals surface area (Å²) >= 11 is 0. The summed E-state index contributed by atoms with van der Waals surface area (Å²) in [4.78, 5) is 14.1. The van der Waals surface area contributed by atoms with E-state index in [-0.39, 0.29) is 11.9 Å². The van der Waals surface area contributed by atoms with E-state index in [1.807, 2.05) is 11.7 Å². The number of amides is 1. The predicted molar refractivity (Wildman–Crippen MR) is 61.6 cm³/mol. The maximum atomic E-state index is 11.9. The zero-order chi connectivity index (χ0) is 11.3. The molecular formula is C11H16N4O. The van der Waals surface area contributed by atoms with Crippen molar-refractivity contribution in [1.29, 1.82) is 0 Å². The van der Waals surface area contributed by atoms with E-state index in [0.29, 0.717) is 0 Å². The van der Waals surface area contributed by atoms with Crippen LogP contribution < -0.4 is 10.2 Å². The van der Waals surface area contributed by atoms with Gasteiger partial charge in [-0.3, -0.25) is 9.48 Å².